The van der Waals surface area contributed by atoms with Gasteiger partial charge in [0.25, 0.3) is 0 Å². The van der Waals surface area contributed by atoms with E-state index in [0.717, 1.165) is 54.9 Å². The molecule has 0 atom stereocenters. The predicted octanol–water partition coefficient (Wildman–Crippen LogP) is 7.83. The lowest BCUT2D eigenvalue weighted by atomic mass is 9.71. The number of hydrogen-bond donors (Lipinski definition) is 2. The molecule has 0 aliphatic rings. The van der Waals surface area contributed by atoms with Crippen LogP contribution in [0.25, 0.3) is 65.7 Å². The summed E-state index contributed by atoms with van der Waals surface area (Å²) in [6.07, 6.45) is 0. The van der Waals surface area contributed by atoms with Crippen LogP contribution in [-0.4, -0.2) is 17.2 Å². The molecule has 0 saturated heterocycles. The molecule has 2 nitrogen and oxygen atoms in total. The minimum absolute atomic E-state index is 0.530. The van der Waals surface area contributed by atoms with Crippen molar-refractivity contribution in [3.05, 3.63) is 140 Å². The summed E-state index contributed by atoms with van der Waals surface area (Å²) in [4.78, 5) is 0. The zero-order valence-electron chi connectivity index (χ0n) is 21.3. The first-order chi connectivity index (χ1) is 19.2. The van der Waals surface area contributed by atoms with Gasteiger partial charge in [0, 0.05) is 0 Å². The molecule has 0 spiro atoms. The lowest BCUT2D eigenvalue weighted by molar-refractivity contribution is 0.426. The third-order valence-corrected chi connectivity index (χ3v) is 7.67. The van der Waals surface area contributed by atoms with E-state index in [0.29, 0.717) is 5.46 Å². The maximum atomic E-state index is 10.7. The quantitative estimate of drug-likeness (QED) is 0.191. The smallest absolute Gasteiger partial charge is 0.423 e. The Labute approximate surface area is 227 Å². The molecule has 7 aromatic carbocycles. The third-order valence-electron chi connectivity index (χ3n) is 7.67. The second-order valence-corrected chi connectivity index (χ2v) is 9.98. The normalized spacial score (nSPS) is 11.3. The molecule has 184 valence electrons. The van der Waals surface area contributed by atoms with Crippen molar-refractivity contribution in [3.63, 3.8) is 0 Å². The van der Waals surface area contributed by atoms with Crippen molar-refractivity contribution in [2.24, 2.45) is 0 Å². The molecule has 0 aromatic heterocycles. The van der Waals surface area contributed by atoms with Crippen molar-refractivity contribution >= 4 is 44.9 Å². The van der Waals surface area contributed by atoms with Gasteiger partial charge >= 0.3 is 7.12 Å². The van der Waals surface area contributed by atoms with E-state index in [9.17, 15) is 10.0 Å². The summed E-state index contributed by atoms with van der Waals surface area (Å²) in [6, 6.07) is 48.1. The van der Waals surface area contributed by atoms with E-state index < -0.39 is 7.12 Å². The van der Waals surface area contributed by atoms with Gasteiger partial charge in [0.2, 0.25) is 0 Å². The molecule has 39 heavy (non-hydrogen) atoms. The van der Waals surface area contributed by atoms with Crippen LogP contribution in [0.4, 0.5) is 0 Å². The van der Waals surface area contributed by atoms with Gasteiger partial charge in [0.1, 0.15) is 0 Å². The molecule has 0 fully saturated rings. The molecule has 3 heteroatoms. The molecule has 0 aliphatic carbocycles. The zero-order chi connectivity index (χ0) is 26.3. The van der Waals surface area contributed by atoms with Gasteiger partial charge in [-0.3, -0.25) is 0 Å². The maximum absolute atomic E-state index is 10.7. The molecule has 0 aliphatic heterocycles. The lowest BCUT2D eigenvalue weighted by Gasteiger charge is -2.19. The molecular weight excluding hydrogens is 475 g/mol. The van der Waals surface area contributed by atoms with Gasteiger partial charge < -0.3 is 10.0 Å². The SMILES string of the molecule is OB(O)c1c2cc(-c3ccccc3)ccc2c(-c2ccc3ccccc3c2)c2cc(-c3ccccc3)ccc12. The van der Waals surface area contributed by atoms with Gasteiger partial charge in [-0.15, -0.1) is 0 Å². The Hall–Kier alpha value is -4.70. The summed E-state index contributed by atoms with van der Waals surface area (Å²) in [5.41, 5.74) is 7.05. The topological polar surface area (TPSA) is 40.5 Å². The maximum Gasteiger partial charge on any atom is 0.489 e. The highest BCUT2D eigenvalue weighted by Gasteiger charge is 2.23. The standard InChI is InChI=1S/C36H25BO2/c38-37(39)36-32-20-18-28(24-9-3-1-4-10-24)22-33(32)35(30-16-15-26-13-7-8-14-27(26)21-30)31-19-17-29(23-34(31)36)25-11-5-2-6-12-25/h1-23,38-39H. The van der Waals surface area contributed by atoms with Crippen molar-refractivity contribution in [1.82, 2.24) is 0 Å². The predicted molar refractivity (Wildman–Crippen MR) is 165 cm³/mol. The number of rotatable bonds is 4. The van der Waals surface area contributed by atoms with E-state index in [4.69, 9.17) is 0 Å². The van der Waals surface area contributed by atoms with Crippen molar-refractivity contribution in [1.29, 1.82) is 0 Å². The van der Waals surface area contributed by atoms with E-state index >= 15 is 0 Å². The Morgan fingerprint density at radius 2 is 0.897 bits per heavy atom. The van der Waals surface area contributed by atoms with Crippen LogP contribution in [0.1, 0.15) is 0 Å². The van der Waals surface area contributed by atoms with E-state index in [-0.39, 0.29) is 0 Å². The monoisotopic (exact) mass is 500 g/mol. The van der Waals surface area contributed by atoms with Gasteiger partial charge in [-0.25, -0.2) is 0 Å². The first-order valence-corrected chi connectivity index (χ1v) is 13.2. The fourth-order valence-electron chi connectivity index (χ4n) is 5.82. The number of hydrogen-bond acceptors (Lipinski definition) is 2. The minimum Gasteiger partial charge on any atom is -0.423 e. The molecule has 7 aromatic rings. The fourth-order valence-corrected chi connectivity index (χ4v) is 5.82. The first-order valence-electron chi connectivity index (χ1n) is 13.2. The highest BCUT2D eigenvalue weighted by Crippen LogP contribution is 2.40. The second-order valence-electron chi connectivity index (χ2n) is 9.98. The van der Waals surface area contributed by atoms with Crippen molar-refractivity contribution in [3.8, 4) is 33.4 Å². The van der Waals surface area contributed by atoms with Crippen LogP contribution < -0.4 is 5.46 Å². The average molecular weight is 500 g/mol. The lowest BCUT2D eigenvalue weighted by Crippen LogP contribution is -2.31. The molecule has 7 rings (SSSR count). The van der Waals surface area contributed by atoms with Gasteiger partial charge in [0.05, 0.1) is 0 Å². The second kappa shape index (κ2) is 9.56. The summed E-state index contributed by atoms with van der Waals surface area (Å²) >= 11 is 0. The Balaban J connectivity index is 1.61. The van der Waals surface area contributed by atoms with Crippen molar-refractivity contribution in [2.45, 2.75) is 0 Å². The molecular formula is C36H25BO2. The highest BCUT2D eigenvalue weighted by atomic mass is 16.4. The summed E-state index contributed by atoms with van der Waals surface area (Å²) in [7, 11) is -1.62. The van der Waals surface area contributed by atoms with Crippen LogP contribution in [0.15, 0.2) is 140 Å². The Morgan fingerprint density at radius 1 is 0.359 bits per heavy atom. The minimum atomic E-state index is -1.62. The molecule has 0 heterocycles. The summed E-state index contributed by atoms with van der Waals surface area (Å²) in [5, 5.41) is 27.5. The van der Waals surface area contributed by atoms with Crippen LogP contribution in [0.3, 0.4) is 0 Å². The summed E-state index contributed by atoms with van der Waals surface area (Å²) < 4.78 is 0. The van der Waals surface area contributed by atoms with E-state index in [1.54, 1.807) is 0 Å². The van der Waals surface area contributed by atoms with Crippen molar-refractivity contribution < 1.29 is 10.0 Å². The number of benzene rings is 7. The Kier molecular flexibility index (Phi) is 5.74. The summed E-state index contributed by atoms with van der Waals surface area (Å²) in [5.74, 6) is 0. The van der Waals surface area contributed by atoms with Crippen LogP contribution in [0.5, 0.6) is 0 Å². The van der Waals surface area contributed by atoms with Crippen LogP contribution in [0, 0.1) is 0 Å². The third kappa shape index (κ3) is 4.09. The molecule has 0 radical (unpaired) electrons. The van der Waals surface area contributed by atoms with Crippen LogP contribution >= 0.6 is 0 Å². The van der Waals surface area contributed by atoms with E-state index in [2.05, 4.69) is 97.1 Å². The first kappa shape index (κ1) is 23.4. The molecule has 0 saturated carbocycles. The Bertz CT molecular complexity index is 1980. The average Bonchev–Trinajstić information content (AvgIpc) is 2.99. The van der Waals surface area contributed by atoms with E-state index in [1.807, 2.05) is 42.5 Å². The highest BCUT2D eigenvalue weighted by molar-refractivity contribution is 6.66. The van der Waals surface area contributed by atoms with Crippen LogP contribution in [0.2, 0.25) is 0 Å². The molecule has 0 bridgehead atoms. The van der Waals surface area contributed by atoms with Gasteiger partial charge in [-0.2, -0.15) is 0 Å². The Morgan fingerprint density at radius 3 is 1.54 bits per heavy atom. The van der Waals surface area contributed by atoms with Crippen LogP contribution in [-0.2, 0) is 0 Å². The molecule has 0 unspecified atom stereocenters. The molecule has 0 amide bonds. The van der Waals surface area contributed by atoms with Gasteiger partial charge in [-0.1, -0.05) is 121 Å². The van der Waals surface area contributed by atoms with Crippen molar-refractivity contribution in [2.75, 3.05) is 0 Å². The van der Waals surface area contributed by atoms with Gasteiger partial charge in [-0.05, 0) is 89.4 Å². The van der Waals surface area contributed by atoms with Gasteiger partial charge in [0.15, 0.2) is 0 Å². The number of fused-ring (bicyclic) bond motifs is 3. The fraction of sp³-hybridized carbons (Fsp3) is 0. The zero-order valence-corrected chi connectivity index (χ0v) is 21.3. The molecule has 2 N–H and O–H groups in total. The largest absolute Gasteiger partial charge is 0.489 e. The summed E-state index contributed by atoms with van der Waals surface area (Å²) in [6.45, 7) is 0. The van der Waals surface area contributed by atoms with E-state index in [1.165, 1.54) is 10.8 Å².